The van der Waals surface area contributed by atoms with Crippen LogP contribution in [0.1, 0.15) is 28.3 Å². The van der Waals surface area contributed by atoms with E-state index in [-0.39, 0.29) is 35.8 Å². The van der Waals surface area contributed by atoms with Gasteiger partial charge in [-0.25, -0.2) is 22.4 Å². The number of fused-ring (bicyclic) bond motifs is 1. The lowest BCUT2D eigenvalue weighted by atomic mass is 9.88. The minimum Gasteiger partial charge on any atom is -0.482 e. The summed E-state index contributed by atoms with van der Waals surface area (Å²) in [4.78, 5) is 25.9. The molecule has 0 aliphatic carbocycles. The number of halogens is 1. The number of carbonyl (C=O) groups excluding carboxylic acids is 1. The Kier molecular flexibility index (Phi) is 7.25. The first-order valence-corrected chi connectivity index (χ1v) is 13.0. The number of amides is 1. The van der Waals surface area contributed by atoms with Gasteiger partial charge in [0.1, 0.15) is 18.2 Å². The van der Waals surface area contributed by atoms with Gasteiger partial charge in [-0.2, -0.15) is 0 Å². The largest absolute Gasteiger partial charge is 0.482 e. The standard InChI is InChI=1S/C26H24FNO7S/c1-36(32,33)23-9-5-8-20-19(23)12-13-28(26(31)35-15-17-6-3-2-4-7-17)25(20)21-14-18(27)10-11-22(21)34-16-24(29)30/h2-11,14,25H,12-13,15-16H2,1H3,(H,29,30). The van der Waals surface area contributed by atoms with E-state index in [2.05, 4.69) is 0 Å². The Hall–Kier alpha value is -3.92. The fraction of sp³-hybridized carbons (Fsp3) is 0.231. The molecule has 36 heavy (non-hydrogen) atoms. The summed E-state index contributed by atoms with van der Waals surface area (Å²) in [5, 5.41) is 9.08. The Morgan fingerprint density at radius 2 is 1.81 bits per heavy atom. The lowest BCUT2D eigenvalue weighted by Crippen LogP contribution is -2.41. The molecule has 1 aliphatic heterocycles. The smallest absolute Gasteiger partial charge is 0.410 e. The topological polar surface area (TPSA) is 110 Å². The highest BCUT2D eigenvalue weighted by Crippen LogP contribution is 2.41. The zero-order valence-corrected chi connectivity index (χ0v) is 20.2. The molecule has 1 aliphatic rings. The van der Waals surface area contributed by atoms with Crippen LogP contribution in [0.25, 0.3) is 0 Å². The van der Waals surface area contributed by atoms with Crippen molar-refractivity contribution in [2.24, 2.45) is 0 Å². The summed E-state index contributed by atoms with van der Waals surface area (Å²) in [5.74, 6) is -1.80. The third-order valence-electron chi connectivity index (χ3n) is 5.83. The number of carboxylic acids is 1. The van der Waals surface area contributed by atoms with E-state index in [0.717, 1.165) is 24.0 Å². The fourth-order valence-electron chi connectivity index (χ4n) is 4.32. The quantitative estimate of drug-likeness (QED) is 0.509. The van der Waals surface area contributed by atoms with Crippen molar-refractivity contribution in [3.63, 3.8) is 0 Å². The van der Waals surface area contributed by atoms with E-state index in [1.54, 1.807) is 24.3 Å². The summed E-state index contributed by atoms with van der Waals surface area (Å²) in [5.41, 5.74) is 1.92. The minimum atomic E-state index is -3.59. The van der Waals surface area contributed by atoms with Gasteiger partial charge >= 0.3 is 12.1 Å². The molecule has 0 spiro atoms. The van der Waals surface area contributed by atoms with E-state index in [1.807, 2.05) is 18.2 Å². The minimum absolute atomic E-state index is 0.00461. The summed E-state index contributed by atoms with van der Waals surface area (Å²) < 4.78 is 50.3. The molecule has 0 bridgehead atoms. The molecule has 1 heterocycles. The Balaban J connectivity index is 1.80. The number of nitrogens with zero attached hydrogens (tertiary/aromatic N) is 1. The lowest BCUT2D eigenvalue weighted by Gasteiger charge is -2.38. The molecule has 0 saturated carbocycles. The molecule has 1 N–H and O–H groups in total. The fourth-order valence-corrected chi connectivity index (χ4v) is 5.31. The van der Waals surface area contributed by atoms with Crippen molar-refractivity contribution in [3.8, 4) is 5.75 Å². The molecule has 1 unspecified atom stereocenters. The average Bonchev–Trinajstić information content (AvgIpc) is 2.85. The van der Waals surface area contributed by atoms with Gasteiger partial charge in [0.25, 0.3) is 0 Å². The Bertz CT molecular complexity index is 1390. The van der Waals surface area contributed by atoms with Crippen LogP contribution >= 0.6 is 0 Å². The van der Waals surface area contributed by atoms with Gasteiger partial charge in [-0.3, -0.25) is 4.90 Å². The maximum absolute atomic E-state index is 14.4. The number of sulfone groups is 1. The number of hydrogen-bond acceptors (Lipinski definition) is 6. The third kappa shape index (κ3) is 5.49. The number of ether oxygens (including phenoxy) is 2. The summed E-state index contributed by atoms with van der Waals surface area (Å²) in [6, 6.07) is 16.4. The van der Waals surface area contributed by atoms with Gasteiger partial charge in [-0.05, 0) is 47.4 Å². The zero-order valence-electron chi connectivity index (χ0n) is 19.4. The molecule has 0 radical (unpaired) electrons. The van der Waals surface area contributed by atoms with E-state index >= 15 is 0 Å². The molecular weight excluding hydrogens is 489 g/mol. The molecule has 4 rings (SSSR count). The van der Waals surface area contributed by atoms with Crippen LogP contribution < -0.4 is 4.74 Å². The first-order chi connectivity index (χ1) is 17.1. The van der Waals surface area contributed by atoms with Gasteiger partial charge in [0.2, 0.25) is 0 Å². The van der Waals surface area contributed by atoms with Crippen molar-refractivity contribution < 1.29 is 37.0 Å². The van der Waals surface area contributed by atoms with Gasteiger partial charge in [0.05, 0.1) is 10.9 Å². The molecule has 0 aromatic heterocycles. The lowest BCUT2D eigenvalue weighted by molar-refractivity contribution is -0.139. The van der Waals surface area contributed by atoms with Gasteiger partial charge < -0.3 is 14.6 Å². The summed E-state index contributed by atoms with van der Waals surface area (Å²) in [7, 11) is -3.59. The van der Waals surface area contributed by atoms with Crippen LogP contribution in [-0.2, 0) is 32.4 Å². The maximum Gasteiger partial charge on any atom is 0.410 e. The van der Waals surface area contributed by atoms with Crippen LogP contribution in [0.2, 0.25) is 0 Å². The molecule has 8 nitrogen and oxygen atoms in total. The summed E-state index contributed by atoms with van der Waals surface area (Å²) in [6.07, 6.45) is 0.644. The average molecular weight is 514 g/mol. The van der Waals surface area contributed by atoms with Crippen molar-refractivity contribution in [2.45, 2.75) is 24.0 Å². The normalized spacial score (nSPS) is 15.2. The number of carbonyl (C=O) groups is 2. The molecule has 10 heteroatoms. The van der Waals surface area contributed by atoms with Crippen LogP contribution in [-0.4, -0.2) is 49.9 Å². The number of benzene rings is 3. The first kappa shape index (κ1) is 25.2. The van der Waals surface area contributed by atoms with E-state index < -0.39 is 40.4 Å². The highest BCUT2D eigenvalue weighted by Gasteiger charge is 2.37. The molecule has 3 aromatic rings. The van der Waals surface area contributed by atoms with Crippen molar-refractivity contribution in [2.75, 3.05) is 19.4 Å². The molecule has 188 valence electrons. The number of aliphatic carboxylic acids is 1. The van der Waals surface area contributed by atoms with E-state index in [0.29, 0.717) is 11.1 Å². The van der Waals surface area contributed by atoms with Crippen molar-refractivity contribution in [1.82, 2.24) is 4.90 Å². The highest BCUT2D eigenvalue weighted by atomic mass is 32.2. The van der Waals surface area contributed by atoms with Crippen LogP contribution in [0.5, 0.6) is 5.75 Å². The number of rotatable bonds is 7. The Morgan fingerprint density at radius 3 is 2.50 bits per heavy atom. The molecule has 1 amide bonds. The first-order valence-electron chi connectivity index (χ1n) is 11.1. The highest BCUT2D eigenvalue weighted by molar-refractivity contribution is 7.90. The second-order valence-corrected chi connectivity index (χ2v) is 10.3. The van der Waals surface area contributed by atoms with Gasteiger partial charge in [0, 0.05) is 18.4 Å². The number of carboxylic acid groups (broad SMARTS) is 1. The molecule has 3 aromatic carbocycles. The molecule has 1 atom stereocenters. The zero-order chi connectivity index (χ0) is 25.9. The Morgan fingerprint density at radius 1 is 1.06 bits per heavy atom. The van der Waals surface area contributed by atoms with Gasteiger partial charge in [0.15, 0.2) is 16.4 Å². The predicted molar refractivity (Wildman–Crippen MR) is 128 cm³/mol. The number of hydrogen-bond donors (Lipinski definition) is 1. The van der Waals surface area contributed by atoms with Crippen LogP contribution in [0.4, 0.5) is 9.18 Å². The van der Waals surface area contributed by atoms with E-state index in [4.69, 9.17) is 14.6 Å². The third-order valence-corrected chi connectivity index (χ3v) is 7.02. The second-order valence-electron chi connectivity index (χ2n) is 8.35. The van der Waals surface area contributed by atoms with Crippen LogP contribution in [0.3, 0.4) is 0 Å². The maximum atomic E-state index is 14.4. The van der Waals surface area contributed by atoms with Crippen molar-refractivity contribution in [1.29, 1.82) is 0 Å². The van der Waals surface area contributed by atoms with E-state index in [9.17, 15) is 22.4 Å². The predicted octanol–water partition coefficient (Wildman–Crippen LogP) is 3.98. The monoisotopic (exact) mass is 513 g/mol. The second kappa shape index (κ2) is 10.4. The molecule has 0 fully saturated rings. The van der Waals surface area contributed by atoms with Crippen LogP contribution in [0, 0.1) is 5.82 Å². The molecule has 0 saturated heterocycles. The molecular formula is C26H24FNO7S. The van der Waals surface area contributed by atoms with Gasteiger partial charge in [-0.15, -0.1) is 0 Å². The van der Waals surface area contributed by atoms with Crippen LogP contribution in [0.15, 0.2) is 71.6 Å². The van der Waals surface area contributed by atoms with Gasteiger partial charge in [-0.1, -0.05) is 42.5 Å². The van der Waals surface area contributed by atoms with Crippen molar-refractivity contribution >= 4 is 21.9 Å². The van der Waals surface area contributed by atoms with Crippen molar-refractivity contribution in [3.05, 3.63) is 94.8 Å². The summed E-state index contributed by atoms with van der Waals surface area (Å²) in [6.45, 7) is -0.586. The Labute approximate surface area is 207 Å². The SMILES string of the molecule is CS(=O)(=O)c1cccc2c1CCN(C(=O)OCc1ccccc1)C2c1cc(F)ccc1OCC(=O)O. The summed E-state index contributed by atoms with van der Waals surface area (Å²) >= 11 is 0. The van der Waals surface area contributed by atoms with E-state index in [1.165, 1.54) is 17.0 Å².